The Bertz CT molecular complexity index is 1360. The van der Waals surface area contributed by atoms with Gasteiger partial charge in [0.2, 0.25) is 12.6 Å². The van der Waals surface area contributed by atoms with E-state index in [1.54, 1.807) is 18.2 Å². The summed E-state index contributed by atoms with van der Waals surface area (Å²) in [6, 6.07) is 12.1. The minimum absolute atomic E-state index is 0.0971. The second kappa shape index (κ2) is 9.65. The maximum absolute atomic E-state index is 12.8. The molecule has 2 aliphatic heterocycles. The largest absolute Gasteiger partial charge is 0.486 e. The van der Waals surface area contributed by atoms with Gasteiger partial charge in [-0.25, -0.2) is 0 Å². The van der Waals surface area contributed by atoms with Crippen molar-refractivity contribution in [3.8, 4) is 28.7 Å². The number of aryl methyl sites for hydroxylation is 1. The zero-order chi connectivity index (χ0) is 25.2. The number of hydrogen-bond donors (Lipinski definition) is 1. The third-order valence-electron chi connectivity index (χ3n) is 5.91. The van der Waals surface area contributed by atoms with Gasteiger partial charge in [-0.3, -0.25) is 14.4 Å². The van der Waals surface area contributed by atoms with E-state index in [2.05, 4.69) is 5.32 Å². The van der Waals surface area contributed by atoms with Crippen LogP contribution in [-0.2, 0) is 9.53 Å². The molecule has 10 heteroatoms. The molecular weight excluding hydrogens is 468 g/mol. The summed E-state index contributed by atoms with van der Waals surface area (Å²) in [5, 5.41) is 2.48. The van der Waals surface area contributed by atoms with E-state index < -0.39 is 18.5 Å². The van der Waals surface area contributed by atoms with E-state index in [1.807, 2.05) is 36.6 Å². The van der Waals surface area contributed by atoms with Gasteiger partial charge in [0.15, 0.2) is 29.6 Å². The second-order valence-electron chi connectivity index (χ2n) is 8.28. The Hall–Kier alpha value is -4.47. The molecule has 1 amide bonds. The van der Waals surface area contributed by atoms with Gasteiger partial charge in [-0.2, -0.15) is 0 Å². The fraction of sp³-hybridized carbons (Fsp3) is 0.269. The van der Waals surface area contributed by atoms with E-state index in [-0.39, 0.29) is 19.1 Å². The molecule has 0 saturated heterocycles. The van der Waals surface area contributed by atoms with E-state index in [9.17, 15) is 14.4 Å². The number of fused-ring (bicyclic) bond motifs is 2. The molecule has 0 aliphatic carbocycles. The Morgan fingerprint density at radius 2 is 1.58 bits per heavy atom. The van der Waals surface area contributed by atoms with Gasteiger partial charge in [0.25, 0.3) is 5.91 Å². The maximum Gasteiger partial charge on any atom is 0.325 e. The molecule has 0 bridgehead atoms. The van der Waals surface area contributed by atoms with E-state index in [4.69, 9.17) is 23.7 Å². The molecule has 186 valence electrons. The molecule has 3 heterocycles. The summed E-state index contributed by atoms with van der Waals surface area (Å²) in [6.07, 6.45) is 0. The SMILES string of the molecule is Cc1cc(C(=O)COC(=O)CNC(=O)c2ccc3c(c2)OCO3)c(C)n1-c1ccc2c(c1)OCCO2. The van der Waals surface area contributed by atoms with Crippen LogP contribution in [0.25, 0.3) is 5.69 Å². The van der Waals surface area contributed by atoms with Gasteiger partial charge in [-0.15, -0.1) is 0 Å². The normalized spacial score (nSPS) is 13.3. The molecule has 0 saturated carbocycles. The number of carbonyl (C=O) groups is 3. The lowest BCUT2D eigenvalue weighted by atomic mass is 10.1. The van der Waals surface area contributed by atoms with Crippen LogP contribution in [-0.4, -0.2) is 55.4 Å². The molecule has 10 nitrogen and oxygen atoms in total. The zero-order valence-electron chi connectivity index (χ0n) is 19.8. The number of ketones is 1. The van der Waals surface area contributed by atoms with Crippen LogP contribution >= 0.6 is 0 Å². The number of ether oxygens (including phenoxy) is 5. The molecule has 0 atom stereocenters. The Balaban J connectivity index is 1.18. The second-order valence-corrected chi connectivity index (χ2v) is 8.28. The van der Waals surface area contributed by atoms with Crippen molar-refractivity contribution in [1.29, 1.82) is 0 Å². The first-order chi connectivity index (χ1) is 17.4. The first-order valence-electron chi connectivity index (χ1n) is 11.4. The van der Waals surface area contributed by atoms with Crippen LogP contribution in [0.5, 0.6) is 23.0 Å². The number of hydrogen-bond acceptors (Lipinski definition) is 8. The van der Waals surface area contributed by atoms with Crippen molar-refractivity contribution in [1.82, 2.24) is 9.88 Å². The molecule has 1 aromatic heterocycles. The number of rotatable bonds is 7. The fourth-order valence-electron chi connectivity index (χ4n) is 4.18. The Morgan fingerprint density at radius 3 is 2.42 bits per heavy atom. The lowest BCUT2D eigenvalue weighted by Crippen LogP contribution is -2.31. The van der Waals surface area contributed by atoms with Crippen LogP contribution in [0.3, 0.4) is 0 Å². The topological polar surface area (TPSA) is 114 Å². The Labute approximate surface area is 206 Å². The minimum atomic E-state index is -0.724. The van der Waals surface area contributed by atoms with Crippen molar-refractivity contribution in [2.24, 2.45) is 0 Å². The van der Waals surface area contributed by atoms with Gasteiger partial charge in [0.1, 0.15) is 19.8 Å². The molecule has 2 aromatic carbocycles. The van der Waals surface area contributed by atoms with E-state index in [1.165, 1.54) is 6.07 Å². The summed E-state index contributed by atoms with van der Waals surface area (Å²) in [4.78, 5) is 37.3. The van der Waals surface area contributed by atoms with Crippen LogP contribution < -0.4 is 24.3 Å². The molecule has 5 rings (SSSR count). The number of amides is 1. The molecular formula is C26H24N2O8. The predicted molar refractivity (Wildman–Crippen MR) is 126 cm³/mol. The van der Waals surface area contributed by atoms with Gasteiger partial charge in [-0.1, -0.05) is 0 Å². The smallest absolute Gasteiger partial charge is 0.325 e. The highest BCUT2D eigenvalue weighted by molar-refractivity contribution is 6.00. The van der Waals surface area contributed by atoms with Crippen molar-refractivity contribution >= 4 is 17.7 Å². The quantitative estimate of drug-likeness (QED) is 0.396. The lowest BCUT2D eigenvalue weighted by Gasteiger charge is -2.20. The number of nitrogens with zero attached hydrogens (tertiary/aromatic N) is 1. The van der Waals surface area contributed by atoms with Gasteiger partial charge in [-0.05, 0) is 50.2 Å². The summed E-state index contributed by atoms with van der Waals surface area (Å²) in [7, 11) is 0. The number of carbonyl (C=O) groups excluding carboxylic acids is 3. The number of benzene rings is 2. The first-order valence-corrected chi connectivity index (χ1v) is 11.4. The van der Waals surface area contributed by atoms with Gasteiger partial charge in [0.05, 0.1) is 0 Å². The number of nitrogens with one attached hydrogen (secondary N) is 1. The number of Topliss-reactive ketones (excluding diaryl/α,β-unsaturated/α-hetero) is 1. The number of esters is 1. The average molecular weight is 492 g/mol. The van der Waals surface area contributed by atoms with Crippen LogP contribution in [0.15, 0.2) is 42.5 Å². The van der Waals surface area contributed by atoms with Crippen molar-refractivity contribution in [2.75, 3.05) is 33.2 Å². The molecule has 0 radical (unpaired) electrons. The first kappa shape index (κ1) is 23.3. The van der Waals surface area contributed by atoms with Crippen LogP contribution in [0, 0.1) is 13.8 Å². The third kappa shape index (κ3) is 4.57. The van der Waals surface area contributed by atoms with Crippen LogP contribution in [0.1, 0.15) is 32.1 Å². The van der Waals surface area contributed by atoms with Crippen LogP contribution in [0.2, 0.25) is 0 Å². The van der Waals surface area contributed by atoms with Gasteiger partial charge in [0, 0.05) is 34.3 Å². The van der Waals surface area contributed by atoms with Gasteiger partial charge < -0.3 is 33.6 Å². The van der Waals surface area contributed by atoms with Gasteiger partial charge >= 0.3 is 5.97 Å². The Morgan fingerprint density at radius 1 is 0.889 bits per heavy atom. The molecule has 0 fully saturated rings. The van der Waals surface area contributed by atoms with Crippen LogP contribution in [0.4, 0.5) is 0 Å². The summed E-state index contributed by atoms with van der Waals surface area (Å²) >= 11 is 0. The highest BCUT2D eigenvalue weighted by Gasteiger charge is 2.21. The molecule has 0 unspecified atom stereocenters. The van der Waals surface area contributed by atoms with Crippen molar-refractivity contribution in [3.63, 3.8) is 0 Å². The summed E-state index contributed by atoms with van der Waals surface area (Å²) in [5.41, 5.74) is 3.14. The molecule has 2 aliphatic rings. The third-order valence-corrected chi connectivity index (χ3v) is 5.91. The monoisotopic (exact) mass is 492 g/mol. The molecule has 1 N–H and O–H groups in total. The summed E-state index contributed by atoms with van der Waals surface area (Å²) in [6.45, 7) is 3.98. The van der Waals surface area contributed by atoms with Crippen molar-refractivity contribution < 1.29 is 38.1 Å². The summed E-state index contributed by atoms with van der Waals surface area (Å²) in [5.74, 6) is 0.805. The van der Waals surface area contributed by atoms with E-state index >= 15 is 0 Å². The van der Waals surface area contributed by atoms with E-state index in [0.29, 0.717) is 53.0 Å². The van der Waals surface area contributed by atoms with Crippen molar-refractivity contribution in [2.45, 2.75) is 13.8 Å². The number of aromatic nitrogens is 1. The lowest BCUT2D eigenvalue weighted by molar-refractivity contribution is -0.141. The van der Waals surface area contributed by atoms with E-state index in [0.717, 1.165) is 11.4 Å². The molecule has 0 spiro atoms. The predicted octanol–water partition coefficient (Wildman–Crippen LogP) is 2.75. The Kier molecular flexibility index (Phi) is 6.24. The fourth-order valence-corrected chi connectivity index (χ4v) is 4.18. The average Bonchev–Trinajstić information content (AvgIpc) is 3.48. The minimum Gasteiger partial charge on any atom is -0.486 e. The van der Waals surface area contributed by atoms with Crippen molar-refractivity contribution in [3.05, 3.63) is 65.0 Å². The summed E-state index contributed by atoms with van der Waals surface area (Å²) < 4.78 is 28.7. The standard InChI is InChI=1S/C26H24N2O8/c1-15-9-19(16(2)28(15)18-4-6-21-24(11-18)33-8-7-32-21)20(29)13-34-25(30)12-27-26(31)17-3-5-22-23(10-17)36-14-35-22/h3-6,9-11H,7-8,12-14H2,1-2H3,(H,27,31). The highest BCUT2D eigenvalue weighted by Crippen LogP contribution is 2.34. The molecule has 3 aromatic rings. The highest BCUT2D eigenvalue weighted by atomic mass is 16.7. The molecule has 36 heavy (non-hydrogen) atoms. The maximum atomic E-state index is 12.8. The zero-order valence-corrected chi connectivity index (χ0v) is 19.8.